The molecule has 0 aliphatic carbocycles. The van der Waals surface area contributed by atoms with Gasteiger partial charge in [0.05, 0.1) is 6.42 Å². The lowest BCUT2D eigenvalue weighted by molar-refractivity contribution is -0.136. The molecule has 0 radical (unpaired) electrons. The van der Waals surface area contributed by atoms with Gasteiger partial charge in [-0.1, -0.05) is 57.6 Å². The van der Waals surface area contributed by atoms with Crippen molar-refractivity contribution < 1.29 is 9.90 Å². The van der Waals surface area contributed by atoms with Gasteiger partial charge in [-0.25, -0.2) is 0 Å². The van der Waals surface area contributed by atoms with Gasteiger partial charge >= 0.3 is 5.97 Å². The summed E-state index contributed by atoms with van der Waals surface area (Å²) in [5, 5.41) is 8.71. The fraction of sp³-hybridized carbons (Fsp3) is 0.588. The van der Waals surface area contributed by atoms with E-state index >= 15 is 0 Å². The average molecular weight is 294 g/mol. The number of benzene rings is 1. The number of carboxylic acids is 1. The van der Waals surface area contributed by atoms with Crippen LogP contribution in [-0.2, 0) is 11.2 Å². The van der Waals surface area contributed by atoms with E-state index < -0.39 is 5.97 Å². The van der Waals surface area contributed by atoms with E-state index in [1.165, 1.54) is 49.8 Å². The summed E-state index contributed by atoms with van der Waals surface area (Å²) in [7, 11) is 0. The minimum absolute atomic E-state index is 0.114. The third-order valence-corrected chi connectivity index (χ3v) is 4.39. The van der Waals surface area contributed by atoms with Gasteiger partial charge in [-0.15, -0.1) is 11.8 Å². The zero-order chi connectivity index (χ0) is 14.6. The van der Waals surface area contributed by atoms with E-state index in [2.05, 4.69) is 6.92 Å². The quantitative estimate of drug-likeness (QED) is 0.452. The molecule has 0 bridgehead atoms. The number of carbonyl (C=O) groups is 1. The molecule has 1 N–H and O–H groups in total. The molecule has 0 unspecified atom stereocenters. The topological polar surface area (TPSA) is 37.3 Å². The molecule has 0 heterocycles. The Kier molecular flexibility index (Phi) is 9.22. The van der Waals surface area contributed by atoms with Crippen molar-refractivity contribution in [3.63, 3.8) is 0 Å². The normalized spacial score (nSPS) is 10.7. The van der Waals surface area contributed by atoms with Crippen molar-refractivity contribution in [3.05, 3.63) is 29.8 Å². The van der Waals surface area contributed by atoms with Gasteiger partial charge in [-0.05, 0) is 29.9 Å². The summed E-state index contributed by atoms with van der Waals surface area (Å²) in [4.78, 5) is 11.8. The highest BCUT2D eigenvalue weighted by Crippen LogP contribution is 2.20. The van der Waals surface area contributed by atoms with Crippen molar-refractivity contribution in [2.75, 3.05) is 5.75 Å². The molecular weight excluding hydrogens is 268 g/mol. The van der Waals surface area contributed by atoms with Crippen LogP contribution in [0.15, 0.2) is 29.2 Å². The molecule has 2 nitrogen and oxygen atoms in total. The molecule has 112 valence electrons. The van der Waals surface area contributed by atoms with Crippen LogP contribution in [-0.4, -0.2) is 16.8 Å². The second-order valence-corrected chi connectivity index (χ2v) is 6.35. The molecule has 0 spiro atoms. The Balaban J connectivity index is 2.08. The van der Waals surface area contributed by atoms with E-state index in [4.69, 9.17) is 5.11 Å². The van der Waals surface area contributed by atoms with Crippen LogP contribution in [0.5, 0.6) is 0 Å². The third kappa shape index (κ3) is 8.26. The van der Waals surface area contributed by atoms with Crippen LogP contribution >= 0.6 is 11.8 Å². The molecular formula is C17H26O2S. The summed E-state index contributed by atoms with van der Waals surface area (Å²) in [6.45, 7) is 2.25. The van der Waals surface area contributed by atoms with Crippen LogP contribution in [0.25, 0.3) is 0 Å². The van der Waals surface area contributed by atoms with Crippen LogP contribution in [0.2, 0.25) is 0 Å². The fourth-order valence-electron chi connectivity index (χ4n) is 2.13. The van der Waals surface area contributed by atoms with E-state index in [-0.39, 0.29) is 6.42 Å². The molecule has 20 heavy (non-hydrogen) atoms. The predicted molar refractivity (Wildman–Crippen MR) is 86.5 cm³/mol. The molecule has 1 rings (SSSR count). The predicted octanol–water partition coefficient (Wildman–Crippen LogP) is 5.16. The minimum atomic E-state index is -0.770. The number of rotatable bonds is 11. The highest BCUT2D eigenvalue weighted by molar-refractivity contribution is 7.99. The summed E-state index contributed by atoms with van der Waals surface area (Å²) in [6.07, 6.45) is 9.52. The Morgan fingerprint density at radius 3 is 2.20 bits per heavy atom. The van der Waals surface area contributed by atoms with Gasteiger partial charge in [0, 0.05) is 4.90 Å². The second-order valence-electron chi connectivity index (χ2n) is 5.18. The lowest BCUT2D eigenvalue weighted by atomic mass is 10.1. The highest BCUT2D eigenvalue weighted by atomic mass is 32.2. The van der Waals surface area contributed by atoms with Gasteiger partial charge in [0.15, 0.2) is 0 Å². The van der Waals surface area contributed by atoms with Gasteiger partial charge in [0.2, 0.25) is 0 Å². The average Bonchev–Trinajstić information content (AvgIpc) is 2.43. The van der Waals surface area contributed by atoms with Crippen LogP contribution in [0.3, 0.4) is 0 Å². The van der Waals surface area contributed by atoms with E-state index in [0.717, 1.165) is 11.3 Å². The first-order valence-corrected chi connectivity index (χ1v) is 8.64. The molecule has 3 heteroatoms. The van der Waals surface area contributed by atoms with Crippen molar-refractivity contribution in [2.24, 2.45) is 0 Å². The lowest BCUT2D eigenvalue weighted by Crippen LogP contribution is -1.99. The first-order valence-electron chi connectivity index (χ1n) is 7.66. The van der Waals surface area contributed by atoms with Crippen molar-refractivity contribution in [1.82, 2.24) is 0 Å². The molecule has 1 aromatic carbocycles. The van der Waals surface area contributed by atoms with Crippen molar-refractivity contribution in [1.29, 1.82) is 0 Å². The van der Waals surface area contributed by atoms with E-state index in [1.54, 1.807) is 0 Å². The van der Waals surface area contributed by atoms with Crippen LogP contribution in [0, 0.1) is 0 Å². The zero-order valence-corrected chi connectivity index (χ0v) is 13.3. The first-order chi connectivity index (χ1) is 9.72. The largest absolute Gasteiger partial charge is 0.481 e. The maximum absolute atomic E-state index is 10.6. The molecule has 0 aliphatic heterocycles. The summed E-state index contributed by atoms with van der Waals surface area (Å²) >= 11 is 1.87. The Labute approximate surface area is 127 Å². The monoisotopic (exact) mass is 294 g/mol. The summed E-state index contributed by atoms with van der Waals surface area (Å²) < 4.78 is 0. The summed E-state index contributed by atoms with van der Waals surface area (Å²) in [5.41, 5.74) is 0.873. The Hall–Kier alpha value is -0.960. The number of hydrogen-bond acceptors (Lipinski definition) is 2. The highest BCUT2D eigenvalue weighted by Gasteiger charge is 2.00. The van der Waals surface area contributed by atoms with Crippen molar-refractivity contribution in [3.8, 4) is 0 Å². The van der Waals surface area contributed by atoms with E-state index in [0.29, 0.717) is 0 Å². The van der Waals surface area contributed by atoms with Gasteiger partial charge in [0.25, 0.3) is 0 Å². The molecule has 0 aromatic heterocycles. The molecule has 0 amide bonds. The second kappa shape index (κ2) is 10.8. The molecule has 0 atom stereocenters. The Morgan fingerprint density at radius 2 is 1.60 bits per heavy atom. The molecule has 0 saturated carbocycles. The maximum Gasteiger partial charge on any atom is 0.307 e. The van der Waals surface area contributed by atoms with Gasteiger partial charge in [0.1, 0.15) is 0 Å². The smallest absolute Gasteiger partial charge is 0.307 e. The van der Waals surface area contributed by atoms with Crippen molar-refractivity contribution >= 4 is 17.7 Å². The number of unbranched alkanes of at least 4 members (excludes halogenated alkanes) is 6. The number of thioether (sulfide) groups is 1. The van der Waals surface area contributed by atoms with Gasteiger partial charge in [-0.3, -0.25) is 4.79 Å². The number of hydrogen-bond donors (Lipinski definition) is 1. The molecule has 1 aromatic rings. The standard InChI is InChI=1S/C17H26O2S/c1-2-3-4-5-6-7-8-13-20-16-11-9-15(10-12-16)14-17(18)19/h9-12H,2-8,13-14H2,1H3,(H,18,19). The first kappa shape index (κ1) is 17.1. The van der Waals surface area contributed by atoms with Crippen LogP contribution in [0.4, 0.5) is 0 Å². The molecule has 0 saturated heterocycles. The Bertz CT molecular complexity index is 373. The maximum atomic E-state index is 10.6. The van der Waals surface area contributed by atoms with E-state index in [1.807, 2.05) is 36.0 Å². The van der Waals surface area contributed by atoms with Crippen molar-refractivity contribution in [2.45, 2.75) is 63.2 Å². The molecule has 0 aliphatic rings. The van der Waals surface area contributed by atoms with Gasteiger partial charge < -0.3 is 5.11 Å². The SMILES string of the molecule is CCCCCCCCCSc1ccc(CC(=O)O)cc1. The fourth-order valence-corrected chi connectivity index (χ4v) is 3.04. The summed E-state index contributed by atoms with van der Waals surface area (Å²) in [5.74, 6) is 0.389. The number of carboxylic acid groups (broad SMARTS) is 1. The lowest BCUT2D eigenvalue weighted by Gasteiger charge is -2.03. The molecule has 0 fully saturated rings. The summed E-state index contributed by atoms with van der Waals surface area (Å²) in [6, 6.07) is 7.90. The van der Waals surface area contributed by atoms with Crippen LogP contribution in [0.1, 0.15) is 57.4 Å². The zero-order valence-electron chi connectivity index (χ0n) is 12.4. The van der Waals surface area contributed by atoms with Crippen LogP contribution < -0.4 is 0 Å². The van der Waals surface area contributed by atoms with E-state index in [9.17, 15) is 4.79 Å². The minimum Gasteiger partial charge on any atom is -0.481 e. The third-order valence-electron chi connectivity index (χ3n) is 3.30. The Morgan fingerprint density at radius 1 is 1.00 bits per heavy atom. The number of aliphatic carboxylic acids is 1. The van der Waals surface area contributed by atoms with Gasteiger partial charge in [-0.2, -0.15) is 0 Å².